The Morgan fingerprint density at radius 1 is 0.846 bits per heavy atom. The number of para-hydroxylation sites is 1. The smallest absolute Gasteiger partial charge is 0.125 e. The van der Waals surface area contributed by atoms with Crippen molar-refractivity contribution in [1.29, 1.82) is 0 Å². The summed E-state index contributed by atoms with van der Waals surface area (Å²) < 4.78 is 0. The average molecular weight is 517 g/mol. The van der Waals surface area contributed by atoms with E-state index in [1.807, 2.05) is 54.6 Å². The van der Waals surface area contributed by atoms with E-state index in [2.05, 4.69) is 21.0 Å². The summed E-state index contributed by atoms with van der Waals surface area (Å²) in [6, 6.07) is 23.9. The third-order valence-electron chi connectivity index (χ3n) is 3.33. The van der Waals surface area contributed by atoms with Crippen LogP contribution >= 0.6 is 0 Å². The zero-order chi connectivity index (χ0) is 16.6. The molecule has 0 saturated heterocycles. The first-order valence-corrected chi connectivity index (χ1v) is 7.50. The number of aromatic hydroxyl groups is 1. The van der Waals surface area contributed by atoms with Gasteiger partial charge in [-0.25, -0.2) is 4.98 Å². The summed E-state index contributed by atoms with van der Waals surface area (Å²) in [5.41, 5.74) is 3.52. The van der Waals surface area contributed by atoms with Gasteiger partial charge < -0.3 is 15.1 Å². The molecule has 2 heterocycles. The summed E-state index contributed by atoms with van der Waals surface area (Å²) in [5, 5.41) is 9.43. The standard InChI is InChI=1S/C11H8N.C9H8N2O.B.Ir/c1-2-6-10(7-3-1)11-8-4-5-9-12-11;12-9-4-2-1-3-7(9)8-5-10-6-11-8;;/h1-6,8-9H;1-6,12H,(H,10,11);;/q-1;;;. The van der Waals surface area contributed by atoms with Gasteiger partial charge in [0.15, 0.2) is 0 Å². The van der Waals surface area contributed by atoms with Crippen LogP contribution in [0.2, 0.25) is 0 Å². The first kappa shape index (κ1) is 21.4. The van der Waals surface area contributed by atoms with Gasteiger partial charge in [0.05, 0.1) is 12.0 Å². The van der Waals surface area contributed by atoms with Crippen molar-refractivity contribution in [1.82, 2.24) is 15.0 Å². The third kappa shape index (κ3) is 5.69. The fourth-order valence-corrected chi connectivity index (χ4v) is 2.17. The maximum absolute atomic E-state index is 9.43. The molecule has 26 heavy (non-hydrogen) atoms. The number of phenols is 1. The number of hydrogen-bond donors (Lipinski definition) is 2. The fourth-order valence-electron chi connectivity index (χ4n) is 2.17. The van der Waals surface area contributed by atoms with Crippen LogP contribution in [-0.4, -0.2) is 28.5 Å². The number of imidazole rings is 1. The number of nitrogens with zero attached hydrogens (tertiary/aromatic N) is 2. The minimum absolute atomic E-state index is 0. The van der Waals surface area contributed by atoms with Crippen LogP contribution in [-0.2, 0) is 20.1 Å². The van der Waals surface area contributed by atoms with Crippen LogP contribution in [0.4, 0.5) is 0 Å². The van der Waals surface area contributed by atoms with E-state index in [-0.39, 0.29) is 34.3 Å². The Balaban J connectivity index is 0.000000241. The Labute approximate surface area is 168 Å². The maximum Gasteiger partial charge on any atom is 0.125 e. The Hall–Kier alpha value is -2.69. The molecule has 0 aliphatic carbocycles. The van der Waals surface area contributed by atoms with Gasteiger partial charge in [0.2, 0.25) is 0 Å². The second-order valence-corrected chi connectivity index (χ2v) is 4.96. The number of H-pyrrole nitrogens is 1. The number of aromatic nitrogens is 3. The SMILES string of the molecule is Oc1ccccc1-c1c[nH]cn1.[B].[Ir].[c-]1ccccc1-c1ccccn1. The van der Waals surface area contributed by atoms with Gasteiger partial charge in [0.25, 0.3) is 0 Å². The van der Waals surface area contributed by atoms with Crippen LogP contribution < -0.4 is 0 Å². The predicted molar refractivity (Wildman–Crippen MR) is 100.0 cm³/mol. The van der Waals surface area contributed by atoms with Crippen molar-refractivity contribution in [3.05, 3.63) is 91.5 Å². The van der Waals surface area contributed by atoms with Crippen LogP contribution in [0, 0.1) is 6.07 Å². The van der Waals surface area contributed by atoms with E-state index in [1.54, 1.807) is 30.9 Å². The number of hydrogen-bond acceptors (Lipinski definition) is 3. The summed E-state index contributed by atoms with van der Waals surface area (Å²) >= 11 is 0. The normalized spacial score (nSPS) is 9.08. The molecule has 0 aliphatic rings. The van der Waals surface area contributed by atoms with Gasteiger partial charge in [0, 0.05) is 46.5 Å². The predicted octanol–water partition coefficient (Wildman–Crippen LogP) is 3.95. The van der Waals surface area contributed by atoms with Crippen molar-refractivity contribution in [2.45, 2.75) is 0 Å². The monoisotopic (exact) mass is 518 g/mol. The first-order valence-electron chi connectivity index (χ1n) is 7.50. The van der Waals surface area contributed by atoms with Crippen LogP contribution in [0.3, 0.4) is 0 Å². The Bertz CT molecular complexity index is 834. The maximum atomic E-state index is 9.43. The van der Waals surface area contributed by atoms with Crippen LogP contribution in [0.25, 0.3) is 22.5 Å². The molecule has 0 fully saturated rings. The van der Waals surface area contributed by atoms with E-state index in [9.17, 15) is 5.11 Å². The quantitative estimate of drug-likeness (QED) is 0.313. The molecule has 0 aliphatic heterocycles. The fraction of sp³-hybridized carbons (Fsp3) is 0. The first-order chi connectivity index (χ1) is 11.8. The molecule has 0 unspecified atom stereocenters. The van der Waals surface area contributed by atoms with E-state index in [4.69, 9.17) is 0 Å². The number of benzene rings is 2. The number of phenolic OH excluding ortho intramolecular Hbond substituents is 1. The minimum atomic E-state index is 0. The summed E-state index contributed by atoms with van der Waals surface area (Å²) in [5.74, 6) is 0.254. The van der Waals surface area contributed by atoms with Crippen molar-refractivity contribution in [2.24, 2.45) is 0 Å². The van der Waals surface area contributed by atoms with Crippen molar-refractivity contribution in [3.8, 4) is 28.3 Å². The number of pyridine rings is 1. The molecule has 0 bridgehead atoms. The second-order valence-electron chi connectivity index (χ2n) is 4.96. The summed E-state index contributed by atoms with van der Waals surface area (Å²) in [4.78, 5) is 11.1. The van der Waals surface area contributed by atoms with E-state index < -0.39 is 0 Å². The van der Waals surface area contributed by atoms with Gasteiger partial charge in [-0.05, 0) is 23.9 Å². The average Bonchev–Trinajstić information content (AvgIpc) is 3.19. The van der Waals surface area contributed by atoms with Crippen LogP contribution in [0.5, 0.6) is 5.75 Å². The summed E-state index contributed by atoms with van der Waals surface area (Å²) in [6.45, 7) is 0. The van der Waals surface area contributed by atoms with E-state index in [1.165, 1.54) is 0 Å². The molecule has 0 amide bonds. The molecule has 0 atom stereocenters. The summed E-state index contributed by atoms with van der Waals surface area (Å²) in [7, 11) is 0. The Kier molecular flexibility index (Phi) is 9.06. The molecule has 2 aromatic heterocycles. The molecule has 4 radical (unpaired) electrons. The number of rotatable bonds is 2. The van der Waals surface area contributed by atoms with Crippen LogP contribution in [0.1, 0.15) is 0 Å². The summed E-state index contributed by atoms with van der Waals surface area (Å²) in [6.07, 6.45) is 5.12. The third-order valence-corrected chi connectivity index (χ3v) is 3.33. The zero-order valence-corrected chi connectivity index (χ0v) is 16.2. The van der Waals surface area contributed by atoms with Gasteiger partial charge in [-0.15, -0.1) is 35.9 Å². The molecular formula is C20H16BIrN3O-. The molecule has 4 rings (SSSR count). The van der Waals surface area contributed by atoms with E-state index in [0.29, 0.717) is 0 Å². The molecule has 4 nitrogen and oxygen atoms in total. The van der Waals surface area contributed by atoms with Gasteiger partial charge in [0.1, 0.15) is 5.75 Å². The topological polar surface area (TPSA) is 61.8 Å². The Morgan fingerprint density at radius 2 is 1.62 bits per heavy atom. The molecular weight excluding hydrogens is 501 g/mol. The van der Waals surface area contributed by atoms with Gasteiger partial charge >= 0.3 is 0 Å². The van der Waals surface area contributed by atoms with Crippen molar-refractivity contribution >= 4 is 8.41 Å². The molecule has 2 aromatic carbocycles. The van der Waals surface area contributed by atoms with E-state index >= 15 is 0 Å². The van der Waals surface area contributed by atoms with Crippen molar-refractivity contribution in [3.63, 3.8) is 0 Å². The molecule has 130 valence electrons. The Morgan fingerprint density at radius 3 is 2.23 bits per heavy atom. The minimum Gasteiger partial charge on any atom is -0.507 e. The molecule has 4 aromatic rings. The van der Waals surface area contributed by atoms with Crippen LogP contribution in [0.15, 0.2) is 85.5 Å². The second kappa shape index (κ2) is 11.0. The van der Waals surface area contributed by atoms with Gasteiger partial charge in [-0.3, -0.25) is 0 Å². The molecule has 0 saturated carbocycles. The van der Waals surface area contributed by atoms with Gasteiger partial charge in [-0.1, -0.05) is 24.3 Å². The molecule has 6 heteroatoms. The zero-order valence-electron chi connectivity index (χ0n) is 13.8. The molecule has 2 N–H and O–H groups in total. The van der Waals surface area contributed by atoms with E-state index in [0.717, 1.165) is 22.5 Å². The number of nitrogens with one attached hydrogen (secondary N) is 1. The largest absolute Gasteiger partial charge is 0.507 e. The van der Waals surface area contributed by atoms with Gasteiger partial charge in [-0.2, -0.15) is 0 Å². The number of aromatic amines is 1. The van der Waals surface area contributed by atoms with Crippen molar-refractivity contribution < 1.29 is 25.2 Å². The van der Waals surface area contributed by atoms with Crippen molar-refractivity contribution in [2.75, 3.05) is 0 Å². The molecule has 0 spiro atoms.